The van der Waals surface area contributed by atoms with E-state index in [0.29, 0.717) is 29.4 Å². The zero-order valence-corrected chi connectivity index (χ0v) is 38.8. The van der Waals surface area contributed by atoms with E-state index >= 15 is 8.78 Å². The zero-order valence-electron chi connectivity index (χ0n) is 38.8. The topological polar surface area (TPSA) is 108 Å². The van der Waals surface area contributed by atoms with Gasteiger partial charge in [0.05, 0.1) is 18.9 Å². The van der Waals surface area contributed by atoms with Crippen molar-refractivity contribution in [2.75, 3.05) is 7.11 Å². The quantitative estimate of drug-likeness (QED) is 0.121. The molecule has 4 aliphatic rings. The Morgan fingerprint density at radius 2 is 1.03 bits per heavy atom. The van der Waals surface area contributed by atoms with E-state index in [4.69, 9.17) is 14.2 Å². The first-order valence-electron chi connectivity index (χ1n) is 23.7. The summed E-state index contributed by atoms with van der Waals surface area (Å²) < 4.78 is 48.0. The second-order valence-electron chi connectivity index (χ2n) is 19.0. The van der Waals surface area contributed by atoms with E-state index in [1.54, 1.807) is 31.5 Å². The Hall–Kier alpha value is -6.42. The molecule has 10 rings (SSSR count). The Morgan fingerprint density at radius 3 is 1.42 bits per heavy atom. The van der Waals surface area contributed by atoms with Gasteiger partial charge in [-0.05, 0) is 182 Å². The molecule has 0 amide bonds. The monoisotopic (exact) mass is 904 g/mol. The molecule has 346 valence electrons. The van der Waals surface area contributed by atoms with Crippen LogP contribution in [0.3, 0.4) is 0 Å². The number of aromatic nitrogens is 2. The second-order valence-corrected chi connectivity index (χ2v) is 19.0. The van der Waals surface area contributed by atoms with Gasteiger partial charge in [0.1, 0.15) is 35.3 Å². The van der Waals surface area contributed by atoms with Crippen LogP contribution < -0.4 is 9.47 Å². The third-order valence-electron chi connectivity index (χ3n) is 14.3. The predicted molar refractivity (Wildman–Crippen MR) is 254 cm³/mol. The summed E-state index contributed by atoms with van der Waals surface area (Å²) in [4.78, 5) is 32.4. The number of esters is 1. The fourth-order valence-corrected chi connectivity index (χ4v) is 10.3. The number of hydrogen-bond donors (Lipinski definition) is 1. The van der Waals surface area contributed by atoms with Crippen LogP contribution in [0.2, 0.25) is 0 Å². The van der Waals surface area contributed by atoms with Crippen molar-refractivity contribution in [3.05, 3.63) is 166 Å². The number of aliphatic carboxylic acids is 1. The third kappa shape index (κ3) is 10.1. The van der Waals surface area contributed by atoms with Crippen molar-refractivity contribution < 1.29 is 37.7 Å². The number of halogens is 2. The summed E-state index contributed by atoms with van der Waals surface area (Å²) in [5.74, 6) is 0.406. The number of carbonyl (C=O) groups excluding carboxylic acids is 1. The van der Waals surface area contributed by atoms with Gasteiger partial charge >= 0.3 is 11.9 Å². The highest BCUT2D eigenvalue weighted by atomic mass is 19.1. The number of nitrogens with zero attached hydrogens (tertiary/aromatic N) is 2. The number of ether oxygens (including phenoxy) is 3. The molecule has 2 saturated carbocycles. The number of fused-ring (bicyclic) bond motifs is 2. The first kappa shape index (κ1) is 45.7. The molecule has 8 nitrogen and oxygen atoms in total. The molecule has 0 saturated heterocycles. The molecule has 10 heteroatoms. The Kier molecular flexibility index (Phi) is 13.3. The third-order valence-corrected chi connectivity index (χ3v) is 14.3. The molecule has 4 aromatic carbocycles. The highest BCUT2D eigenvalue weighted by Crippen LogP contribution is 2.50. The van der Waals surface area contributed by atoms with Gasteiger partial charge in [-0.2, -0.15) is 0 Å². The summed E-state index contributed by atoms with van der Waals surface area (Å²) in [6, 6.07) is 30.7. The van der Waals surface area contributed by atoms with Gasteiger partial charge in [-0.25, -0.2) is 8.78 Å². The van der Waals surface area contributed by atoms with Crippen molar-refractivity contribution in [1.82, 2.24) is 9.97 Å². The Morgan fingerprint density at radius 1 is 0.597 bits per heavy atom. The van der Waals surface area contributed by atoms with Gasteiger partial charge in [-0.15, -0.1) is 0 Å². The molecular formula is C57H58F2N2O6. The molecule has 2 aromatic heterocycles. The van der Waals surface area contributed by atoms with E-state index in [1.807, 2.05) is 75.4 Å². The minimum absolute atomic E-state index is 0.0170. The van der Waals surface area contributed by atoms with Crippen molar-refractivity contribution in [1.29, 1.82) is 0 Å². The fraction of sp³-hybridized carbons (Fsp3) is 0.368. The van der Waals surface area contributed by atoms with Crippen LogP contribution in [0.1, 0.15) is 121 Å². The lowest BCUT2D eigenvalue weighted by Gasteiger charge is -2.29. The SMILES string of the molecule is COC(=O)[C@@H](C)[C@H](c1ccc2c(c1)OC(c1ccc(-c3ccnc(C)c3)cc1F)CC2)C1CC1.Cc1cc(-c2ccc(C3CCc4ccc([C@H](C5CC5)[C@H](C)C(=O)O)cc4O3)c(F)c2)ccn1. The number of hydrogen-bond acceptors (Lipinski definition) is 7. The molecule has 0 spiro atoms. The first-order valence-corrected chi connectivity index (χ1v) is 23.7. The van der Waals surface area contributed by atoms with E-state index in [2.05, 4.69) is 40.3 Å². The van der Waals surface area contributed by atoms with Gasteiger partial charge in [0.2, 0.25) is 0 Å². The lowest BCUT2D eigenvalue weighted by Crippen LogP contribution is -2.23. The van der Waals surface area contributed by atoms with Crippen LogP contribution >= 0.6 is 0 Å². The number of aryl methyl sites for hydroxylation is 4. The van der Waals surface area contributed by atoms with E-state index in [1.165, 1.54) is 7.11 Å². The molecule has 2 unspecified atom stereocenters. The van der Waals surface area contributed by atoms with Gasteiger partial charge in [-0.1, -0.05) is 62.4 Å². The maximum atomic E-state index is 15.2. The van der Waals surface area contributed by atoms with Crippen LogP contribution in [0.15, 0.2) is 109 Å². The lowest BCUT2D eigenvalue weighted by atomic mass is 9.82. The average molecular weight is 905 g/mol. The summed E-state index contributed by atoms with van der Waals surface area (Å²) in [6.07, 6.45) is 10.2. The number of benzene rings is 4. The standard InChI is InChI=1S/C29H30FNO3.C28H28FNO3/c1-17-14-22(12-13-31-17)21-8-10-24(25(30)15-21)26-11-9-19-4-7-23(16-27(19)34-26)28(20-5-6-20)18(2)29(32)33-3;1-16-13-21(11-12-30-16)20-7-9-23(24(29)14-20)25-10-8-18-3-6-22(15-26(18)33-25)27(19-4-5-19)17(2)28(31)32/h4,7-8,10,12-16,18,20,26,28H,5-6,9,11H2,1-3H3;3,6-7,9,11-15,17,19,25,27H,4-5,8,10H2,1-2H3,(H,31,32)/t18-,26?,28-;17-,25?,27-/m00/s1. The van der Waals surface area contributed by atoms with Gasteiger partial charge in [0.25, 0.3) is 0 Å². The number of carbonyl (C=O) groups is 2. The molecule has 2 fully saturated rings. The summed E-state index contributed by atoms with van der Waals surface area (Å²) in [5.41, 5.74) is 10.8. The number of carboxylic acids is 1. The van der Waals surface area contributed by atoms with Crippen LogP contribution in [0.25, 0.3) is 22.3 Å². The molecule has 6 aromatic rings. The van der Waals surface area contributed by atoms with E-state index in [0.717, 1.165) is 112 Å². The molecule has 2 aliphatic carbocycles. The van der Waals surface area contributed by atoms with Crippen molar-refractivity contribution in [3.8, 4) is 33.8 Å². The maximum Gasteiger partial charge on any atom is 0.309 e. The average Bonchev–Trinajstić information content (AvgIpc) is 4.29. The number of pyridine rings is 2. The number of methoxy groups -OCH3 is 1. The van der Waals surface area contributed by atoms with Gasteiger partial charge in [0.15, 0.2) is 0 Å². The van der Waals surface area contributed by atoms with Crippen molar-refractivity contribution in [2.24, 2.45) is 23.7 Å². The lowest BCUT2D eigenvalue weighted by molar-refractivity contribution is -0.146. The fourth-order valence-electron chi connectivity index (χ4n) is 10.3. The van der Waals surface area contributed by atoms with Crippen molar-refractivity contribution in [3.63, 3.8) is 0 Å². The van der Waals surface area contributed by atoms with Crippen LogP contribution in [0.4, 0.5) is 8.78 Å². The van der Waals surface area contributed by atoms with E-state index < -0.39 is 11.9 Å². The molecule has 67 heavy (non-hydrogen) atoms. The highest BCUT2D eigenvalue weighted by molar-refractivity contribution is 5.73. The molecule has 0 radical (unpaired) electrons. The molecule has 6 atom stereocenters. The first-order chi connectivity index (χ1) is 32.3. The van der Waals surface area contributed by atoms with Crippen molar-refractivity contribution >= 4 is 11.9 Å². The van der Waals surface area contributed by atoms with Crippen LogP contribution in [0.5, 0.6) is 11.5 Å². The predicted octanol–water partition coefficient (Wildman–Crippen LogP) is 13.0. The largest absolute Gasteiger partial charge is 0.485 e. The Bertz CT molecular complexity index is 2800. The highest BCUT2D eigenvalue weighted by Gasteiger charge is 2.41. The number of rotatable bonds is 12. The maximum absolute atomic E-state index is 15.2. The Balaban J connectivity index is 0.000000168. The minimum atomic E-state index is -0.769. The normalized spacial score (nSPS) is 19.1. The van der Waals surface area contributed by atoms with Gasteiger partial charge < -0.3 is 19.3 Å². The molecule has 1 N–H and O–H groups in total. The molecule has 4 heterocycles. The summed E-state index contributed by atoms with van der Waals surface area (Å²) in [6.45, 7) is 7.57. The summed E-state index contributed by atoms with van der Waals surface area (Å²) in [7, 11) is 1.44. The van der Waals surface area contributed by atoms with Gasteiger partial charge in [-0.3, -0.25) is 19.6 Å². The van der Waals surface area contributed by atoms with E-state index in [9.17, 15) is 14.7 Å². The van der Waals surface area contributed by atoms with Crippen LogP contribution in [-0.2, 0) is 27.2 Å². The second kappa shape index (κ2) is 19.4. The zero-order chi connectivity index (χ0) is 46.9. The summed E-state index contributed by atoms with van der Waals surface area (Å²) in [5, 5.41) is 9.59. The van der Waals surface area contributed by atoms with Crippen molar-refractivity contribution in [2.45, 2.75) is 103 Å². The number of carboxylic acid groups (broad SMARTS) is 1. The van der Waals surface area contributed by atoms with Crippen LogP contribution in [-0.4, -0.2) is 34.1 Å². The van der Waals surface area contributed by atoms with Crippen LogP contribution in [0, 0.1) is 49.2 Å². The van der Waals surface area contributed by atoms with Gasteiger partial charge in [0, 0.05) is 34.9 Å². The Labute approximate surface area is 391 Å². The smallest absolute Gasteiger partial charge is 0.309 e. The van der Waals surface area contributed by atoms with E-state index in [-0.39, 0.29) is 47.6 Å². The summed E-state index contributed by atoms with van der Waals surface area (Å²) >= 11 is 0. The minimum Gasteiger partial charge on any atom is -0.485 e. The molecular weight excluding hydrogens is 847 g/mol. The molecule has 0 bridgehead atoms. The molecule has 2 aliphatic heterocycles.